The summed E-state index contributed by atoms with van der Waals surface area (Å²) in [5.74, 6) is 0.363. The van der Waals surface area contributed by atoms with Gasteiger partial charge in [-0.3, -0.25) is 9.52 Å². The quantitative estimate of drug-likeness (QED) is 0.362. The molecule has 174 valence electrons. The number of aromatic amines is 1. The van der Waals surface area contributed by atoms with Crippen LogP contribution < -0.4 is 19.8 Å². The average Bonchev–Trinajstić information content (AvgIpc) is 2.81. The summed E-state index contributed by atoms with van der Waals surface area (Å²) in [7, 11) is -2.59. The van der Waals surface area contributed by atoms with E-state index in [9.17, 15) is 13.2 Å². The van der Waals surface area contributed by atoms with Gasteiger partial charge in [0.1, 0.15) is 0 Å². The normalized spacial score (nSPS) is 11.1. The van der Waals surface area contributed by atoms with Crippen LogP contribution in [-0.2, 0) is 10.0 Å². The molecule has 2 heterocycles. The number of hydrogen-bond acceptors (Lipinski definition) is 7. The highest BCUT2D eigenvalue weighted by molar-refractivity contribution is 7.92. The summed E-state index contributed by atoms with van der Waals surface area (Å²) in [6.07, 6.45) is 1.42. The van der Waals surface area contributed by atoms with E-state index in [2.05, 4.69) is 19.7 Å². The molecule has 2 aromatic carbocycles. The third-order valence-corrected chi connectivity index (χ3v) is 6.31. The van der Waals surface area contributed by atoms with Gasteiger partial charge in [-0.1, -0.05) is 41.4 Å². The fourth-order valence-electron chi connectivity index (χ4n) is 3.01. The van der Waals surface area contributed by atoms with E-state index in [0.717, 1.165) is 5.56 Å². The predicted octanol–water partition coefficient (Wildman–Crippen LogP) is 4.40. The summed E-state index contributed by atoms with van der Waals surface area (Å²) < 4.78 is 39.8. The number of halogens is 1. The van der Waals surface area contributed by atoms with E-state index in [1.807, 2.05) is 6.92 Å². The standard InChI is InChI=1S/C23H19ClN4O5S/c1-14-7-9-16(10-8-14)34(30,31)28-23-20(33-18-6-4-3-5-17(18)32-2)21(24)26-22(27-23)15-11-12-25-19(29)13-15/h3-13H,1-2H3,(H,25,29)(H,26,27,28). The second-order valence-electron chi connectivity index (χ2n) is 7.13. The molecule has 9 nitrogen and oxygen atoms in total. The minimum atomic E-state index is -4.06. The van der Waals surface area contributed by atoms with Gasteiger partial charge in [-0.15, -0.1) is 0 Å². The second kappa shape index (κ2) is 9.54. The lowest BCUT2D eigenvalue weighted by Gasteiger charge is -2.16. The summed E-state index contributed by atoms with van der Waals surface area (Å²) in [5, 5.41) is -0.169. The van der Waals surface area contributed by atoms with E-state index in [1.54, 1.807) is 42.5 Å². The number of nitrogens with zero attached hydrogens (tertiary/aromatic N) is 2. The minimum absolute atomic E-state index is 0.0220. The Bertz CT molecular complexity index is 1500. The zero-order chi connectivity index (χ0) is 24.3. The van der Waals surface area contributed by atoms with Crippen LogP contribution in [-0.4, -0.2) is 30.5 Å². The molecule has 0 bridgehead atoms. The molecule has 2 aromatic heterocycles. The smallest absolute Gasteiger partial charge is 0.263 e. The van der Waals surface area contributed by atoms with Crippen molar-refractivity contribution in [2.45, 2.75) is 11.8 Å². The first kappa shape index (κ1) is 23.3. The Kier molecular flexibility index (Phi) is 6.53. The maximum absolute atomic E-state index is 13.1. The van der Waals surface area contributed by atoms with Gasteiger partial charge in [-0.2, -0.15) is 0 Å². The fraction of sp³-hybridized carbons (Fsp3) is 0.0870. The van der Waals surface area contributed by atoms with Gasteiger partial charge in [0.2, 0.25) is 11.3 Å². The van der Waals surface area contributed by atoms with Crippen LogP contribution in [0.1, 0.15) is 5.56 Å². The van der Waals surface area contributed by atoms with Crippen LogP contribution in [0.5, 0.6) is 17.2 Å². The number of hydrogen-bond donors (Lipinski definition) is 2. The number of anilines is 1. The third kappa shape index (κ3) is 5.03. The molecule has 0 saturated heterocycles. The number of para-hydroxylation sites is 2. The molecule has 11 heteroatoms. The molecule has 2 N–H and O–H groups in total. The van der Waals surface area contributed by atoms with Crippen molar-refractivity contribution >= 4 is 27.4 Å². The van der Waals surface area contributed by atoms with E-state index in [1.165, 1.54) is 31.5 Å². The minimum Gasteiger partial charge on any atom is -0.493 e. The molecule has 4 aromatic rings. The maximum Gasteiger partial charge on any atom is 0.263 e. The third-order valence-electron chi connectivity index (χ3n) is 4.70. The molecule has 0 atom stereocenters. The van der Waals surface area contributed by atoms with E-state index in [0.29, 0.717) is 11.3 Å². The van der Waals surface area contributed by atoms with Crippen LogP contribution in [0, 0.1) is 6.92 Å². The molecule has 0 unspecified atom stereocenters. The SMILES string of the molecule is COc1ccccc1Oc1c(Cl)nc(-c2cc[nH]c(=O)c2)nc1NS(=O)(=O)c1ccc(C)cc1. The Hall–Kier alpha value is -3.89. The van der Waals surface area contributed by atoms with Crippen LogP contribution in [0.4, 0.5) is 5.82 Å². The summed E-state index contributed by atoms with van der Waals surface area (Å²) in [5.41, 5.74) is 0.861. The summed E-state index contributed by atoms with van der Waals surface area (Å²) >= 11 is 6.43. The van der Waals surface area contributed by atoms with Gasteiger partial charge >= 0.3 is 0 Å². The van der Waals surface area contributed by atoms with Crippen molar-refractivity contribution in [3.05, 3.63) is 87.9 Å². The number of benzene rings is 2. The van der Waals surface area contributed by atoms with Gasteiger partial charge in [-0.25, -0.2) is 18.4 Å². The first-order valence-electron chi connectivity index (χ1n) is 9.94. The van der Waals surface area contributed by atoms with Gasteiger partial charge < -0.3 is 14.5 Å². The van der Waals surface area contributed by atoms with Gasteiger partial charge in [0.15, 0.2) is 28.3 Å². The molecular weight excluding hydrogens is 480 g/mol. The second-order valence-corrected chi connectivity index (χ2v) is 9.17. The molecule has 34 heavy (non-hydrogen) atoms. The Labute approximate surface area is 200 Å². The number of ether oxygens (including phenoxy) is 2. The molecule has 4 rings (SSSR count). The zero-order valence-electron chi connectivity index (χ0n) is 18.1. The van der Waals surface area contributed by atoms with Gasteiger partial charge in [0.25, 0.3) is 10.0 Å². The number of sulfonamides is 1. The van der Waals surface area contributed by atoms with Crippen LogP contribution in [0.25, 0.3) is 11.4 Å². The highest BCUT2D eigenvalue weighted by Gasteiger charge is 2.23. The molecular formula is C23H19ClN4O5S. The largest absolute Gasteiger partial charge is 0.493 e. The van der Waals surface area contributed by atoms with E-state index >= 15 is 0 Å². The Morgan fingerprint density at radius 2 is 1.71 bits per heavy atom. The lowest BCUT2D eigenvalue weighted by molar-refractivity contribution is 0.378. The van der Waals surface area contributed by atoms with Crippen molar-refractivity contribution in [1.29, 1.82) is 0 Å². The summed E-state index contributed by atoms with van der Waals surface area (Å²) in [4.78, 5) is 22.8. The fourth-order valence-corrected chi connectivity index (χ4v) is 4.23. The molecule has 0 saturated carbocycles. The molecule has 0 fully saturated rings. The van der Waals surface area contributed by atoms with Crippen molar-refractivity contribution < 1.29 is 17.9 Å². The van der Waals surface area contributed by atoms with Crippen LogP contribution >= 0.6 is 11.6 Å². The number of H-pyrrole nitrogens is 1. The van der Waals surface area contributed by atoms with Gasteiger partial charge in [-0.05, 0) is 37.3 Å². The van der Waals surface area contributed by atoms with Crippen molar-refractivity contribution in [2.75, 3.05) is 11.8 Å². The summed E-state index contributed by atoms with van der Waals surface area (Å²) in [6, 6.07) is 15.9. The predicted molar refractivity (Wildman–Crippen MR) is 128 cm³/mol. The van der Waals surface area contributed by atoms with Crippen LogP contribution in [0.3, 0.4) is 0 Å². The van der Waals surface area contributed by atoms with Crippen molar-refractivity contribution in [2.24, 2.45) is 0 Å². The van der Waals surface area contributed by atoms with Crippen molar-refractivity contribution in [3.8, 4) is 28.6 Å². The van der Waals surface area contributed by atoms with E-state index in [-0.39, 0.29) is 38.7 Å². The van der Waals surface area contributed by atoms with E-state index < -0.39 is 10.0 Å². The van der Waals surface area contributed by atoms with Gasteiger partial charge in [0, 0.05) is 17.8 Å². The summed E-state index contributed by atoms with van der Waals surface area (Å²) in [6.45, 7) is 1.85. The molecule has 0 aliphatic heterocycles. The monoisotopic (exact) mass is 498 g/mol. The number of aromatic nitrogens is 3. The molecule has 0 spiro atoms. The van der Waals surface area contributed by atoms with Gasteiger partial charge in [0.05, 0.1) is 12.0 Å². The average molecular weight is 499 g/mol. The van der Waals surface area contributed by atoms with E-state index in [4.69, 9.17) is 21.1 Å². The molecule has 0 radical (unpaired) electrons. The lowest BCUT2D eigenvalue weighted by Crippen LogP contribution is -2.16. The Balaban J connectivity index is 1.84. The molecule has 0 amide bonds. The Morgan fingerprint density at radius 3 is 2.38 bits per heavy atom. The topological polar surface area (TPSA) is 123 Å². The first-order chi connectivity index (χ1) is 16.3. The lowest BCUT2D eigenvalue weighted by atomic mass is 10.2. The first-order valence-corrected chi connectivity index (χ1v) is 11.8. The zero-order valence-corrected chi connectivity index (χ0v) is 19.6. The Morgan fingerprint density at radius 1 is 1.00 bits per heavy atom. The number of rotatable bonds is 7. The van der Waals surface area contributed by atoms with Crippen LogP contribution in [0.2, 0.25) is 5.15 Å². The molecule has 0 aliphatic rings. The molecule has 0 aliphatic carbocycles. The number of methoxy groups -OCH3 is 1. The highest BCUT2D eigenvalue weighted by atomic mass is 35.5. The van der Waals surface area contributed by atoms with Crippen molar-refractivity contribution in [1.82, 2.24) is 15.0 Å². The van der Waals surface area contributed by atoms with Crippen molar-refractivity contribution in [3.63, 3.8) is 0 Å². The maximum atomic E-state index is 13.1. The number of pyridine rings is 1. The number of aryl methyl sites for hydroxylation is 1. The number of nitrogens with one attached hydrogen (secondary N) is 2. The highest BCUT2D eigenvalue weighted by Crippen LogP contribution is 2.39. The van der Waals surface area contributed by atoms with Crippen LogP contribution in [0.15, 0.2) is 76.6 Å².